The molecule has 2 aromatic heterocycles. The van der Waals surface area contributed by atoms with E-state index in [2.05, 4.69) is 31.2 Å². The molecule has 5 aromatic rings. The van der Waals surface area contributed by atoms with E-state index in [-0.39, 0.29) is 5.82 Å². The molecule has 1 fully saturated rings. The Morgan fingerprint density at radius 1 is 0.789 bits per heavy atom. The van der Waals surface area contributed by atoms with Gasteiger partial charge >= 0.3 is 0 Å². The minimum absolute atomic E-state index is 0.231. The highest BCUT2D eigenvalue weighted by molar-refractivity contribution is 5.79. The van der Waals surface area contributed by atoms with E-state index in [1.165, 1.54) is 12.1 Å². The minimum atomic E-state index is -0.605. The summed E-state index contributed by atoms with van der Waals surface area (Å²) in [6.07, 6.45) is 2.01. The molecule has 1 aliphatic heterocycles. The van der Waals surface area contributed by atoms with Gasteiger partial charge in [0.15, 0.2) is 6.80 Å². The highest BCUT2D eigenvalue weighted by Crippen LogP contribution is 2.24. The molecule has 6 rings (SSSR count). The molecule has 0 unspecified atom stereocenters. The fourth-order valence-electron chi connectivity index (χ4n) is 5.26. The molecule has 1 saturated heterocycles. The molecule has 0 amide bonds. The van der Waals surface area contributed by atoms with Gasteiger partial charge in [-0.1, -0.05) is 36.4 Å². The number of hydrogen-bond donors (Lipinski definition) is 2. The second-order valence-electron chi connectivity index (χ2n) is 9.80. The van der Waals surface area contributed by atoms with E-state index >= 15 is 0 Å². The molecule has 0 aliphatic carbocycles. The van der Waals surface area contributed by atoms with Crippen LogP contribution < -0.4 is 10.6 Å². The molecule has 0 atom stereocenters. The molecule has 3 aromatic carbocycles. The van der Waals surface area contributed by atoms with Gasteiger partial charge in [-0.05, 0) is 54.8 Å². The number of benzene rings is 3. The molecule has 0 saturated carbocycles. The molecule has 3 heterocycles. The van der Waals surface area contributed by atoms with Gasteiger partial charge in [-0.15, -0.1) is 0 Å². The van der Waals surface area contributed by atoms with Crippen molar-refractivity contribution in [3.63, 3.8) is 0 Å². The second kappa shape index (κ2) is 10.8. The van der Waals surface area contributed by atoms with Crippen LogP contribution in [0.25, 0.3) is 22.1 Å². The summed E-state index contributed by atoms with van der Waals surface area (Å²) in [7, 11) is 0. The van der Waals surface area contributed by atoms with Gasteiger partial charge in [0, 0.05) is 32.2 Å². The Hall–Kier alpha value is -3.98. The van der Waals surface area contributed by atoms with Crippen LogP contribution in [0.1, 0.15) is 18.4 Å². The number of rotatable bonds is 9. The van der Waals surface area contributed by atoms with Crippen molar-refractivity contribution >= 4 is 34.0 Å². The zero-order valence-corrected chi connectivity index (χ0v) is 21.2. The Balaban J connectivity index is 1.06. The monoisotopic (exact) mass is 515 g/mol. The number of aromatic nitrogens is 4. The highest BCUT2D eigenvalue weighted by atomic mass is 19.1. The van der Waals surface area contributed by atoms with E-state index in [0.717, 1.165) is 66.1 Å². The number of para-hydroxylation sites is 4. The molecule has 0 bridgehead atoms. The number of anilines is 2. The molecular weight excluding hydrogens is 484 g/mol. The third-order valence-corrected chi connectivity index (χ3v) is 7.31. The lowest BCUT2D eigenvalue weighted by molar-refractivity contribution is 0.226. The van der Waals surface area contributed by atoms with Gasteiger partial charge in [0.25, 0.3) is 0 Å². The van der Waals surface area contributed by atoms with Gasteiger partial charge in [0.05, 0.1) is 28.6 Å². The van der Waals surface area contributed by atoms with Crippen molar-refractivity contribution < 1.29 is 8.78 Å². The number of likely N-dealkylation sites (tertiary alicyclic amines) is 1. The van der Waals surface area contributed by atoms with E-state index in [1.807, 2.05) is 54.6 Å². The average Bonchev–Trinajstić information content (AvgIpc) is 3.48. The summed E-state index contributed by atoms with van der Waals surface area (Å²) in [5.41, 5.74) is 4.63. The summed E-state index contributed by atoms with van der Waals surface area (Å²) >= 11 is 0. The van der Waals surface area contributed by atoms with Crippen molar-refractivity contribution in [2.24, 2.45) is 0 Å². The summed E-state index contributed by atoms with van der Waals surface area (Å²) in [5, 5.41) is 7.00. The van der Waals surface area contributed by atoms with Crippen molar-refractivity contribution in [1.29, 1.82) is 0 Å². The number of nitrogens with zero attached hydrogens (tertiary/aromatic N) is 5. The van der Waals surface area contributed by atoms with Crippen LogP contribution in [0, 0.1) is 5.82 Å². The number of halogens is 2. The lowest BCUT2D eigenvalue weighted by Gasteiger charge is -2.32. The van der Waals surface area contributed by atoms with Gasteiger partial charge in [-0.25, -0.2) is 18.7 Å². The number of fused-ring (bicyclic) bond motifs is 2. The van der Waals surface area contributed by atoms with Crippen LogP contribution in [-0.2, 0) is 13.3 Å². The van der Waals surface area contributed by atoms with Gasteiger partial charge in [0.2, 0.25) is 11.9 Å². The van der Waals surface area contributed by atoms with Crippen molar-refractivity contribution in [3.05, 3.63) is 84.2 Å². The van der Waals surface area contributed by atoms with Crippen LogP contribution >= 0.6 is 0 Å². The Bertz CT molecular complexity index is 1520. The summed E-state index contributed by atoms with van der Waals surface area (Å²) in [6.45, 7) is 3.53. The third kappa shape index (κ3) is 5.06. The largest absolute Gasteiger partial charge is 0.354 e. The summed E-state index contributed by atoms with van der Waals surface area (Å²) in [4.78, 5) is 11.8. The second-order valence-corrected chi connectivity index (χ2v) is 9.80. The first-order valence-corrected chi connectivity index (χ1v) is 13.1. The van der Waals surface area contributed by atoms with Crippen LogP contribution in [-0.4, -0.2) is 56.2 Å². The molecule has 9 heteroatoms. The lowest BCUT2D eigenvalue weighted by atomic mass is 10.1. The normalized spacial score (nSPS) is 14.9. The Labute approximate surface area is 220 Å². The third-order valence-electron chi connectivity index (χ3n) is 7.31. The maximum absolute atomic E-state index is 13.6. The van der Waals surface area contributed by atoms with Crippen molar-refractivity contribution in [2.45, 2.75) is 32.2 Å². The van der Waals surface area contributed by atoms with Crippen LogP contribution in [0.5, 0.6) is 0 Å². The van der Waals surface area contributed by atoms with Crippen LogP contribution in [0.3, 0.4) is 0 Å². The molecule has 196 valence electrons. The molecule has 1 aliphatic rings. The summed E-state index contributed by atoms with van der Waals surface area (Å²) < 4.78 is 30.8. The van der Waals surface area contributed by atoms with E-state index in [1.54, 1.807) is 4.57 Å². The van der Waals surface area contributed by atoms with Crippen LogP contribution in [0.2, 0.25) is 0 Å². The number of alkyl halides is 1. The first kappa shape index (κ1) is 24.4. The van der Waals surface area contributed by atoms with E-state index in [4.69, 9.17) is 4.98 Å². The number of nitrogens with one attached hydrogen (secondary N) is 2. The number of imidazole rings is 2. The zero-order valence-electron chi connectivity index (χ0n) is 21.2. The van der Waals surface area contributed by atoms with Crippen molar-refractivity contribution in [2.75, 3.05) is 36.8 Å². The molecule has 38 heavy (non-hydrogen) atoms. The van der Waals surface area contributed by atoms with Gasteiger partial charge in [-0.3, -0.25) is 4.57 Å². The molecule has 7 nitrogen and oxygen atoms in total. The topological polar surface area (TPSA) is 62.9 Å². The fraction of sp³-hybridized carbons (Fsp3) is 0.310. The number of hydrogen-bond acceptors (Lipinski definition) is 5. The van der Waals surface area contributed by atoms with E-state index in [0.29, 0.717) is 25.1 Å². The minimum Gasteiger partial charge on any atom is -0.354 e. The summed E-state index contributed by atoms with van der Waals surface area (Å²) in [5.74, 6) is 1.19. The molecular formula is C29H31F2N7. The van der Waals surface area contributed by atoms with Crippen molar-refractivity contribution in [3.8, 4) is 0 Å². The fourth-order valence-corrected chi connectivity index (χ4v) is 5.26. The standard InChI is InChI=1S/C29H31F2N7/c30-20-38-27-8-4-2-6-25(27)34-28(38)32-15-18-36-16-13-23(14-17-36)33-29-35-24-5-1-3-7-26(24)37(29)19-21-9-11-22(31)12-10-21/h1-12,23H,13-20H2,(H,32,34)(H,33,35). The van der Waals surface area contributed by atoms with Gasteiger partial charge < -0.3 is 20.1 Å². The smallest absolute Gasteiger partial charge is 0.206 e. The first-order valence-electron chi connectivity index (χ1n) is 13.1. The average molecular weight is 516 g/mol. The molecule has 0 spiro atoms. The Morgan fingerprint density at radius 3 is 2.11 bits per heavy atom. The lowest BCUT2D eigenvalue weighted by Crippen LogP contribution is -2.41. The van der Waals surface area contributed by atoms with E-state index < -0.39 is 6.80 Å². The maximum Gasteiger partial charge on any atom is 0.206 e. The van der Waals surface area contributed by atoms with E-state index in [9.17, 15) is 8.78 Å². The molecule has 0 radical (unpaired) electrons. The van der Waals surface area contributed by atoms with Crippen molar-refractivity contribution in [1.82, 2.24) is 24.0 Å². The van der Waals surface area contributed by atoms with Crippen LogP contribution in [0.4, 0.5) is 20.7 Å². The highest BCUT2D eigenvalue weighted by Gasteiger charge is 2.21. The number of piperidine rings is 1. The Kier molecular flexibility index (Phi) is 6.92. The first-order chi connectivity index (χ1) is 18.7. The van der Waals surface area contributed by atoms with Crippen LogP contribution in [0.15, 0.2) is 72.8 Å². The predicted octanol–water partition coefficient (Wildman–Crippen LogP) is 5.49. The predicted molar refractivity (Wildman–Crippen MR) is 148 cm³/mol. The molecule has 2 N–H and O–H groups in total. The van der Waals surface area contributed by atoms with Gasteiger partial charge in [0.1, 0.15) is 5.82 Å². The summed E-state index contributed by atoms with van der Waals surface area (Å²) in [6, 6.07) is 22.7. The SMILES string of the molecule is FCn1c(NCCN2CCC(Nc3nc4ccccc4n3Cc3ccc(F)cc3)CC2)nc2ccccc21. The Morgan fingerprint density at radius 2 is 1.42 bits per heavy atom. The van der Waals surface area contributed by atoms with Gasteiger partial charge in [-0.2, -0.15) is 0 Å². The zero-order chi connectivity index (χ0) is 25.9. The maximum atomic E-state index is 13.6. The quantitative estimate of drug-likeness (QED) is 0.272.